The number of benzene rings is 1. The van der Waals surface area contributed by atoms with Gasteiger partial charge < -0.3 is 9.84 Å². The largest absolute Gasteiger partial charge is 0.461 e. The Bertz CT molecular complexity index is 783. The van der Waals surface area contributed by atoms with Crippen molar-refractivity contribution in [2.24, 2.45) is 10.5 Å². The molecule has 0 saturated heterocycles. The zero-order chi connectivity index (χ0) is 19.7. The third-order valence-corrected chi connectivity index (χ3v) is 4.19. The Labute approximate surface area is 150 Å². The standard InChI is InChI=1S/C17H21N3O6/c1-5-26-15(22)13-10-17(23,16(2,3)4)19(18-13)14(21)11-7-6-8-12(9-11)20(24)25/h6-9,23H,5,10H2,1-4H3/t17-/m0/s1. The predicted octanol–water partition coefficient (Wildman–Crippen LogP) is 2.09. The lowest BCUT2D eigenvalue weighted by Gasteiger charge is -2.41. The second-order valence-corrected chi connectivity index (χ2v) is 6.93. The molecular formula is C17H21N3O6. The molecule has 2 rings (SSSR count). The lowest BCUT2D eigenvalue weighted by Crippen LogP contribution is -2.55. The van der Waals surface area contributed by atoms with Crippen LogP contribution in [0.25, 0.3) is 0 Å². The number of carbonyl (C=O) groups excluding carboxylic acids is 2. The van der Waals surface area contributed by atoms with Crippen molar-refractivity contribution in [1.82, 2.24) is 5.01 Å². The number of esters is 1. The number of hydrogen-bond donors (Lipinski definition) is 1. The van der Waals surface area contributed by atoms with Crippen molar-refractivity contribution in [2.75, 3.05) is 6.61 Å². The number of rotatable bonds is 4. The van der Waals surface area contributed by atoms with E-state index in [9.17, 15) is 24.8 Å². The number of carbonyl (C=O) groups is 2. The molecule has 1 amide bonds. The van der Waals surface area contributed by atoms with E-state index in [2.05, 4.69) is 5.10 Å². The smallest absolute Gasteiger partial charge is 0.354 e. The van der Waals surface area contributed by atoms with Crippen LogP contribution in [0.3, 0.4) is 0 Å². The summed E-state index contributed by atoms with van der Waals surface area (Å²) in [6.07, 6.45) is -0.198. The third kappa shape index (κ3) is 3.43. The number of amides is 1. The summed E-state index contributed by atoms with van der Waals surface area (Å²) in [6.45, 7) is 6.86. The molecule has 1 aliphatic rings. The summed E-state index contributed by atoms with van der Waals surface area (Å²) in [4.78, 5) is 35.2. The highest BCUT2D eigenvalue weighted by atomic mass is 16.6. The average molecular weight is 363 g/mol. The van der Waals surface area contributed by atoms with E-state index >= 15 is 0 Å². The summed E-state index contributed by atoms with van der Waals surface area (Å²) < 4.78 is 4.91. The number of hydrogen-bond acceptors (Lipinski definition) is 7. The first-order chi connectivity index (χ1) is 12.0. The lowest BCUT2D eigenvalue weighted by molar-refractivity contribution is -0.384. The quantitative estimate of drug-likeness (QED) is 0.496. The summed E-state index contributed by atoms with van der Waals surface area (Å²) in [7, 11) is 0. The summed E-state index contributed by atoms with van der Waals surface area (Å²) in [5, 5.41) is 26.9. The van der Waals surface area contributed by atoms with Crippen molar-refractivity contribution in [3.63, 3.8) is 0 Å². The Balaban J connectivity index is 2.47. The Morgan fingerprint density at radius 3 is 2.62 bits per heavy atom. The van der Waals surface area contributed by atoms with Gasteiger partial charge in [0.05, 0.1) is 11.5 Å². The highest BCUT2D eigenvalue weighted by molar-refractivity contribution is 6.37. The van der Waals surface area contributed by atoms with Crippen LogP contribution >= 0.6 is 0 Å². The first-order valence-corrected chi connectivity index (χ1v) is 8.07. The van der Waals surface area contributed by atoms with E-state index in [-0.39, 0.29) is 30.0 Å². The van der Waals surface area contributed by atoms with Gasteiger partial charge in [0.15, 0.2) is 11.4 Å². The topological polar surface area (TPSA) is 122 Å². The van der Waals surface area contributed by atoms with Crippen LogP contribution in [-0.4, -0.2) is 45.0 Å². The summed E-state index contributed by atoms with van der Waals surface area (Å²) in [6, 6.07) is 5.11. The van der Waals surface area contributed by atoms with Gasteiger partial charge in [0.25, 0.3) is 11.6 Å². The molecule has 0 aliphatic carbocycles. The summed E-state index contributed by atoms with van der Waals surface area (Å²) >= 11 is 0. The van der Waals surface area contributed by atoms with Crippen LogP contribution in [0.1, 0.15) is 44.5 Å². The van der Waals surface area contributed by atoms with Gasteiger partial charge in [-0.1, -0.05) is 26.8 Å². The Morgan fingerprint density at radius 2 is 2.08 bits per heavy atom. The second-order valence-electron chi connectivity index (χ2n) is 6.93. The van der Waals surface area contributed by atoms with Gasteiger partial charge in [-0.15, -0.1) is 0 Å². The molecule has 0 unspecified atom stereocenters. The molecule has 1 aromatic carbocycles. The maximum absolute atomic E-state index is 12.9. The monoisotopic (exact) mass is 363 g/mol. The molecule has 9 heteroatoms. The van der Waals surface area contributed by atoms with Gasteiger partial charge in [-0.2, -0.15) is 10.1 Å². The maximum atomic E-state index is 12.9. The van der Waals surface area contributed by atoms with Crippen LogP contribution in [-0.2, 0) is 9.53 Å². The third-order valence-electron chi connectivity index (χ3n) is 4.19. The van der Waals surface area contributed by atoms with Gasteiger partial charge in [0.2, 0.25) is 0 Å². The van der Waals surface area contributed by atoms with Crippen LogP contribution in [0.5, 0.6) is 0 Å². The van der Waals surface area contributed by atoms with Crippen LogP contribution < -0.4 is 0 Å². The summed E-state index contributed by atoms with van der Waals surface area (Å²) in [5.74, 6) is -1.46. The molecule has 1 atom stereocenters. The lowest BCUT2D eigenvalue weighted by atomic mass is 9.80. The number of hydrazone groups is 1. The minimum Gasteiger partial charge on any atom is -0.461 e. The second kappa shape index (κ2) is 6.83. The zero-order valence-electron chi connectivity index (χ0n) is 15.1. The number of aliphatic hydroxyl groups is 1. The fourth-order valence-electron chi connectivity index (χ4n) is 2.55. The van der Waals surface area contributed by atoms with E-state index in [0.717, 1.165) is 11.1 Å². The van der Waals surface area contributed by atoms with Crippen molar-refractivity contribution in [1.29, 1.82) is 0 Å². The molecule has 1 N–H and O–H groups in total. The molecule has 1 aromatic rings. The molecule has 0 fully saturated rings. The summed E-state index contributed by atoms with van der Waals surface area (Å²) in [5.41, 5.74) is -2.99. The highest BCUT2D eigenvalue weighted by Crippen LogP contribution is 2.41. The molecule has 0 saturated carbocycles. The van der Waals surface area contributed by atoms with E-state index in [0.29, 0.717) is 0 Å². The van der Waals surface area contributed by atoms with Crippen molar-refractivity contribution >= 4 is 23.3 Å². The van der Waals surface area contributed by atoms with Crippen LogP contribution in [0, 0.1) is 15.5 Å². The number of ether oxygens (including phenoxy) is 1. The van der Waals surface area contributed by atoms with Crippen LogP contribution in [0.15, 0.2) is 29.4 Å². The van der Waals surface area contributed by atoms with Crippen molar-refractivity contribution < 1.29 is 24.4 Å². The fourth-order valence-corrected chi connectivity index (χ4v) is 2.55. The molecule has 0 bridgehead atoms. The number of nitrogens with zero attached hydrogens (tertiary/aromatic N) is 3. The minimum atomic E-state index is -1.78. The van der Waals surface area contributed by atoms with Crippen LogP contribution in [0.4, 0.5) is 5.69 Å². The number of nitro benzene ring substituents is 1. The molecule has 26 heavy (non-hydrogen) atoms. The number of non-ortho nitro benzene ring substituents is 1. The first kappa shape index (κ1) is 19.5. The van der Waals surface area contributed by atoms with Crippen LogP contribution in [0.2, 0.25) is 0 Å². The van der Waals surface area contributed by atoms with E-state index in [1.165, 1.54) is 18.2 Å². The Morgan fingerprint density at radius 1 is 1.42 bits per heavy atom. The zero-order valence-corrected chi connectivity index (χ0v) is 15.1. The van der Waals surface area contributed by atoms with Gasteiger partial charge in [0.1, 0.15) is 0 Å². The van der Waals surface area contributed by atoms with Crippen molar-refractivity contribution in [3.05, 3.63) is 39.9 Å². The molecule has 140 valence electrons. The Kier molecular flexibility index (Phi) is 5.13. The predicted molar refractivity (Wildman–Crippen MR) is 92.4 cm³/mol. The van der Waals surface area contributed by atoms with E-state index in [1.807, 2.05) is 0 Å². The molecule has 0 radical (unpaired) electrons. The van der Waals surface area contributed by atoms with Crippen molar-refractivity contribution in [3.8, 4) is 0 Å². The van der Waals surface area contributed by atoms with Crippen molar-refractivity contribution in [2.45, 2.75) is 39.8 Å². The first-order valence-electron chi connectivity index (χ1n) is 8.07. The minimum absolute atomic E-state index is 0.0178. The highest BCUT2D eigenvalue weighted by Gasteiger charge is 2.54. The Hall–Kier alpha value is -2.81. The molecule has 9 nitrogen and oxygen atoms in total. The molecular weight excluding hydrogens is 342 g/mol. The van der Waals surface area contributed by atoms with Gasteiger partial charge in [-0.3, -0.25) is 14.9 Å². The SMILES string of the molecule is CCOC(=O)C1=NN(C(=O)c2cccc([N+](=O)[O-])c2)[C@@](O)(C(C)(C)C)C1. The van der Waals surface area contributed by atoms with Gasteiger partial charge in [-0.05, 0) is 13.0 Å². The average Bonchev–Trinajstić information content (AvgIpc) is 2.93. The van der Waals surface area contributed by atoms with Gasteiger partial charge in [0, 0.05) is 29.5 Å². The van der Waals surface area contributed by atoms with E-state index in [4.69, 9.17) is 4.74 Å². The van der Waals surface area contributed by atoms with E-state index in [1.54, 1.807) is 27.7 Å². The van der Waals surface area contributed by atoms with Gasteiger partial charge in [-0.25, -0.2) is 4.79 Å². The maximum Gasteiger partial charge on any atom is 0.354 e. The van der Waals surface area contributed by atoms with E-state index < -0.39 is 27.9 Å². The molecule has 0 aromatic heterocycles. The normalized spacial score (nSPS) is 19.9. The van der Waals surface area contributed by atoms with Gasteiger partial charge >= 0.3 is 5.97 Å². The molecule has 0 spiro atoms. The molecule has 1 heterocycles. The number of nitro groups is 1. The molecule has 1 aliphatic heterocycles. The fraction of sp³-hybridized carbons (Fsp3) is 0.471.